The number of aryl methyl sites for hydroxylation is 1. The van der Waals surface area contributed by atoms with Crippen LogP contribution in [-0.4, -0.2) is 14.0 Å². The van der Waals surface area contributed by atoms with Crippen LogP contribution < -0.4 is 10.1 Å². The standard InChI is InChI=1S/C22H15Cl2N3OS/c1-12-9-14(13(2)26(12)15-7-8-16(23)17(24)11-15)10-20-21(28)27-19-6-4-3-5-18(19)25-22(27)29-20/h3-11H,1-2H3/b20-10+. The second-order valence-corrected chi connectivity index (χ2v) is 8.72. The lowest BCUT2D eigenvalue weighted by Gasteiger charge is -2.10. The second kappa shape index (κ2) is 6.73. The van der Waals surface area contributed by atoms with Gasteiger partial charge in [-0.15, -0.1) is 0 Å². The highest BCUT2D eigenvalue weighted by molar-refractivity contribution is 7.15. The Bertz CT molecular complexity index is 1530. The van der Waals surface area contributed by atoms with Crippen LogP contribution in [0, 0.1) is 13.8 Å². The molecule has 0 atom stereocenters. The van der Waals surface area contributed by atoms with Crippen molar-refractivity contribution in [2.45, 2.75) is 13.8 Å². The maximum Gasteiger partial charge on any atom is 0.274 e. The van der Waals surface area contributed by atoms with E-state index in [2.05, 4.69) is 15.6 Å². The maximum absolute atomic E-state index is 13.0. The molecule has 0 saturated carbocycles. The van der Waals surface area contributed by atoms with Crippen LogP contribution in [0.3, 0.4) is 0 Å². The Morgan fingerprint density at radius 3 is 2.62 bits per heavy atom. The molecule has 0 aliphatic heterocycles. The Kier molecular flexibility index (Phi) is 4.28. The summed E-state index contributed by atoms with van der Waals surface area (Å²) in [7, 11) is 0. The summed E-state index contributed by atoms with van der Waals surface area (Å²) < 4.78 is 4.45. The van der Waals surface area contributed by atoms with Gasteiger partial charge in [0.05, 0.1) is 25.6 Å². The van der Waals surface area contributed by atoms with Crippen molar-refractivity contribution >= 4 is 56.6 Å². The molecule has 0 amide bonds. The van der Waals surface area contributed by atoms with Gasteiger partial charge in [-0.25, -0.2) is 9.38 Å². The molecular weight excluding hydrogens is 425 g/mol. The van der Waals surface area contributed by atoms with E-state index in [0.717, 1.165) is 33.7 Å². The summed E-state index contributed by atoms with van der Waals surface area (Å²) in [6.07, 6.45) is 1.94. The van der Waals surface area contributed by atoms with Crippen LogP contribution in [0.5, 0.6) is 0 Å². The van der Waals surface area contributed by atoms with Crippen molar-refractivity contribution in [2.24, 2.45) is 0 Å². The average molecular weight is 440 g/mol. The molecule has 0 N–H and O–H groups in total. The normalized spacial score (nSPS) is 12.5. The fraction of sp³-hybridized carbons (Fsp3) is 0.0909. The number of imidazole rings is 1. The number of halogens is 2. The number of hydrogen-bond acceptors (Lipinski definition) is 3. The third kappa shape index (κ3) is 2.89. The van der Waals surface area contributed by atoms with Crippen molar-refractivity contribution in [1.82, 2.24) is 14.0 Å². The van der Waals surface area contributed by atoms with Crippen LogP contribution in [0.15, 0.2) is 53.3 Å². The van der Waals surface area contributed by atoms with Gasteiger partial charge < -0.3 is 4.57 Å². The van der Waals surface area contributed by atoms with E-state index >= 15 is 0 Å². The number of para-hydroxylation sites is 2. The number of thiazole rings is 1. The fourth-order valence-electron chi connectivity index (χ4n) is 3.71. The SMILES string of the molecule is Cc1cc(/C=c2/sc3nc4ccccc4n3c2=O)c(C)n1-c1ccc(Cl)c(Cl)c1. The zero-order valence-electron chi connectivity index (χ0n) is 15.6. The highest BCUT2D eigenvalue weighted by Crippen LogP contribution is 2.28. The summed E-state index contributed by atoms with van der Waals surface area (Å²) >= 11 is 13.7. The van der Waals surface area contributed by atoms with E-state index in [-0.39, 0.29) is 5.56 Å². The lowest BCUT2D eigenvalue weighted by molar-refractivity contribution is 0.964. The van der Waals surface area contributed by atoms with Gasteiger partial charge in [0.1, 0.15) is 0 Å². The first-order chi connectivity index (χ1) is 13.9. The van der Waals surface area contributed by atoms with E-state index in [1.54, 1.807) is 10.5 Å². The molecule has 5 rings (SSSR count). The minimum absolute atomic E-state index is 0.0435. The van der Waals surface area contributed by atoms with Crippen LogP contribution in [-0.2, 0) is 0 Å². The topological polar surface area (TPSA) is 39.3 Å². The third-order valence-electron chi connectivity index (χ3n) is 5.06. The molecule has 0 saturated heterocycles. The van der Waals surface area contributed by atoms with Gasteiger partial charge in [0.25, 0.3) is 5.56 Å². The minimum Gasteiger partial charge on any atom is -0.318 e. The lowest BCUT2D eigenvalue weighted by atomic mass is 10.2. The van der Waals surface area contributed by atoms with Gasteiger partial charge in [-0.05, 0) is 61.9 Å². The molecule has 0 unspecified atom stereocenters. The quantitative estimate of drug-likeness (QED) is 0.380. The molecule has 3 aromatic heterocycles. The van der Waals surface area contributed by atoms with Gasteiger partial charge in [-0.3, -0.25) is 4.79 Å². The van der Waals surface area contributed by atoms with E-state index in [1.807, 2.05) is 56.3 Å². The first-order valence-corrected chi connectivity index (χ1v) is 10.6. The zero-order valence-corrected chi connectivity index (χ0v) is 17.9. The monoisotopic (exact) mass is 439 g/mol. The molecule has 0 radical (unpaired) electrons. The van der Waals surface area contributed by atoms with Crippen molar-refractivity contribution in [3.8, 4) is 5.69 Å². The molecule has 7 heteroatoms. The average Bonchev–Trinajstić information content (AvgIpc) is 3.29. The minimum atomic E-state index is -0.0435. The molecule has 4 nitrogen and oxygen atoms in total. The van der Waals surface area contributed by atoms with Crippen LogP contribution in [0.1, 0.15) is 17.0 Å². The first-order valence-electron chi connectivity index (χ1n) is 9.00. The summed E-state index contributed by atoms with van der Waals surface area (Å²) in [4.78, 5) is 18.3. The molecule has 0 aliphatic carbocycles. The molecule has 0 spiro atoms. The van der Waals surface area contributed by atoms with E-state index in [0.29, 0.717) is 19.5 Å². The largest absolute Gasteiger partial charge is 0.318 e. The molecule has 3 heterocycles. The van der Waals surface area contributed by atoms with E-state index in [1.165, 1.54) is 11.3 Å². The Labute approximate surface area is 180 Å². The summed E-state index contributed by atoms with van der Waals surface area (Å²) in [5.74, 6) is 0. The number of aromatic nitrogens is 3. The van der Waals surface area contributed by atoms with Gasteiger partial charge >= 0.3 is 0 Å². The molecule has 0 aliphatic rings. The van der Waals surface area contributed by atoms with E-state index in [4.69, 9.17) is 23.2 Å². The molecular formula is C22H15Cl2N3OS. The van der Waals surface area contributed by atoms with Gasteiger partial charge in [0.2, 0.25) is 0 Å². The summed E-state index contributed by atoms with van der Waals surface area (Å²) in [6, 6.07) is 15.3. The second-order valence-electron chi connectivity index (χ2n) is 6.89. The van der Waals surface area contributed by atoms with Crippen LogP contribution in [0.2, 0.25) is 10.0 Å². The smallest absolute Gasteiger partial charge is 0.274 e. The number of benzene rings is 2. The molecule has 0 fully saturated rings. The molecule has 144 valence electrons. The van der Waals surface area contributed by atoms with Crippen molar-refractivity contribution in [3.63, 3.8) is 0 Å². The van der Waals surface area contributed by atoms with E-state index < -0.39 is 0 Å². The van der Waals surface area contributed by atoms with Crippen molar-refractivity contribution in [1.29, 1.82) is 0 Å². The molecule has 5 aromatic rings. The maximum atomic E-state index is 13.0. The number of hydrogen-bond donors (Lipinski definition) is 0. The van der Waals surface area contributed by atoms with Gasteiger partial charge in [-0.1, -0.05) is 46.7 Å². The Morgan fingerprint density at radius 1 is 1.03 bits per heavy atom. The number of nitrogens with zero attached hydrogens (tertiary/aromatic N) is 3. The highest BCUT2D eigenvalue weighted by atomic mass is 35.5. The number of rotatable bonds is 2. The number of fused-ring (bicyclic) bond motifs is 3. The predicted molar refractivity (Wildman–Crippen MR) is 121 cm³/mol. The summed E-state index contributed by atoms with van der Waals surface area (Å²) in [5.41, 5.74) is 5.62. The van der Waals surface area contributed by atoms with Crippen molar-refractivity contribution < 1.29 is 0 Å². The van der Waals surface area contributed by atoms with Crippen LogP contribution in [0.4, 0.5) is 0 Å². The summed E-state index contributed by atoms with van der Waals surface area (Å²) in [6.45, 7) is 4.06. The Morgan fingerprint density at radius 2 is 1.83 bits per heavy atom. The fourth-order valence-corrected chi connectivity index (χ4v) is 4.98. The van der Waals surface area contributed by atoms with Crippen molar-refractivity contribution in [2.75, 3.05) is 0 Å². The molecule has 2 aromatic carbocycles. The lowest BCUT2D eigenvalue weighted by Crippen LogP contribution is -2.22. The predicted octanol–water partition coefficient (Wildman–Crippen LogP) is 5.17. The zero-order chi connectivity index (χ0) is 20.3. The Balaban J connectivity index is 1.69. The van der Waals surface area contributed by atoms with E-state index in [9.17, 15) is 4.79 Å². The van der Waals surface area contributed by atoms with Gasteiger partial charge in [0.15, 0.2) is 4.96 Å². The highest BCUT2D eigenvalue weighted by Gasteiger charge is 2.13. The first kappa shape index (κ1) is 18.4. The van der Waals surface area contributed by atoms with Gasteiger partial charge in [-0.2, -0.15) is 0 Å². The van der Waals surface area contributed by atoms with Gasteiger partial charge in [0, 0.05) is 17.1 Å². The molecule has 29 heavy (non-hydrogen) atoms. The van der Waals surface area contributed by atoms with Crippen LogP contribution in [0.25, 0.3) is 27.8 Å². The van der Waals surface area contributed by atoms with Crippen LogP contribution >= 0.6 is 34.5 Å². The summed E-state index contributed by atoms with van der Waals surface area (Å²) in [5, 5.41) is 1.03. The van der Waals surface area contributed by atoms with Crippen molar-refractivity contribution in [3.05, 3.63) is 90.4 Å². The third-order valence-corrected chi connectivity index (χ3v) is 6.77. The molecule has 0 bridgehead atoms. The Hall–Kier alpha value is -2.60.